The molecule has 1 amide bonds. The topological polar surface area (TPSA) is 77.5 Å². The standard InChI is InChI=1S/C19H22N4O2.2ClH/c24-19(22-25)9-7-15-6-8-18(20-12-15)21-17-10-11-23(14-17)13-16-4-2-1-3-5-16;;/h1-9,12,17,25H,10-11,13-14H2,(H,20,21)(H,22,24);2*1H/b9-7+;;/t17-;;/m1../s1. The fourth-order valence-corrected chi connectivity index (χ4v) is 2.94. The van der Waals surface area contributed by atoms with Crippen molar-refractivity contribution in [3.05, 3.63) is 65.9 Å². The minimum absolute atomic E-state index is 0. The van der Waals surface area contributed by atoms with Gasteiger partial charge in [0, 0.05) is 37.9 Å². The Bertz CT molecular complexity index is 726. The number of rotatable bonds is 6. The largest absolute Gasteiger partial charge is 0.366 e. The van der Waals surface area contributed by atoms with Crippen LogP contribution in [-0.2, 0) is 11.3 Å². The Kier molecular flexibility index (Phi) is 9.82. The van der Waals surface area contributed by atoms with Crippen LogP contribution in [-0.4, -0.2) is 40.1 Å². The normalized spacial score (nSPS) is 16.4. The highest BCUT2D eigenvalue weighted by Gasteiger charge is 2.22. The molecule has 1 aromatic heterocycles. The summed E-state index contributed by atoms with van der Waals surface area (Å²) < 4.78 is 0. The Labute approximate surface area is 171 Å². The molecular weight excluding hydrogens is 387 g/mol. The molecule has 2 heterocycles. The maximum absolute atomic E-state index is 11.0. The van der Waals surface area contributed by atoms with Crippen LogP contribution >= 0.6 is 24.8 Å². The van der Waals surface area contributed by atoms with Crippen LogP contribution in [0.25, 0.3) is 6.08 Å². The molecule has 3 rings (SSSR count). The Morgan fingerprint density at radius 2 is 2.00 bits per heavy atom. The van der Waals surface area contributed by atoms with Gasteiger partial charge in [0.05, 0.1) is 0 Å². The average molecular weight is 411 g/mol. The first-order valence-electron chi connectivity index (χ1n) is 8.34. The van der Waals surface area contributed by atoms with Crippen LogP contribution in [0.1, 0.15) is 17.5 Å². The first-order valence-corrected chi connectivity index (χ1v) is 8.34. The lowest BCUT2D eigenvalue weighted by atomic mass is 10.2. The molecule has 27 heavy (non-hydrogen) atoms. The Morgan fingerprint density at radius 1 is 1.22 bits per heavy atom. The molecule has 0 spiro atoms. The van der Waals surface area contributed by atoms with E-state index in [0.717, 1.165) is 37.4 Å². The lowest BCUT2D eigenvalue weighted by Crippen LogP contribution is -2.26. The number of carbonyl (C=O) groups excluding carboxylic acids is 1. The second-order valence-corrected chi connectivity index (χ2v) is 6.14. The van der Waals surface area contributed by atoms with E-state index in [2.05, 4.69) is 39.5 Å². The van der Waals surface area contributed by atoms with Crippen molar-refractivity contribution in [3.63, 3.8) is 0 Å². The van der Waals surface area contributed by atoms with Gasteiger partial charge in [0.2, 0.25) is 0 Å². The number of amides is 1. The predicted molar refractivity (Wildman–Crippen MR) is 111 cm³/mol. The molecule has 2 aromatic rings. The number of likely N-dealkylation sites (tertiary alicyclic amines) is 1. The minimum Gasteiger partial charge on any atom is -0.366 e. The van der Waals surface area contributed by atoms with Crippen molar-refractivity contribution in [1.29, 1.82) is 0 Å². The summed E-state index contributed by atoms with van der Waals surface area (Å²) in [7, 11) is 0. The number of anilines is 1. The summed E-state index contributed by atoms with van der Waals surface area (Å²) in [5.41, 5.74) is 3.69. The number of halogens is 2. The zero-order valence-electron chi connectivity index (χ0n) is 14.7. The van der Waals surface area contributed by atoms with E-state index in [1.54, 1.807) is 17.8 Å². The first-order chi connectivity index (χ1) is 12.2. The van der Waals surface area contributed by atoms with Crippen LogP contribution in [0.5, 0.6) is 0 Å². The average Bonchev–Trinajstić information content (AvgIpc) is 3.08. The molecule has 1 atom stereocenters. The summed E-state index contributed by atoms with van der Waals surface area (Å²) in [5.74, 6) is 0.266. The molecule has 0 unspecified atom stereocenters. The van der Waals surface area contributed by atoms with Crippen LogP contribution in [0.15, 0.2) is 54.7 Å². The van der Waals surface area contributed by atoms with Crippen molar-refractivity contribution in [1.82, 2.24) is 15.4 Å². The van der Waals surface area contributed by atoms with Crippen molar-refractivity contribution < 1.29 is 10.0 Å². The lowest BCUT2D eigenvalue weighted by molar-refractivity contribution is -0.124. The van der Waals surface area contributed by atoms with E-state index in [-0.39, 0.29) is 24.8 Å². The second kappa shape index (κ2) is 11.6. The van der Waals surface area contributed by atoms with Gasteiger partial charge in [-0.25, -0.2) is 10.5 Å². The van der Waals surface area contributed by atoms with Crippen LogP contribution in [0.4, 0.5) is 5.82 Å². The van der Waals surface area contributed by atoms with Gasteiger partial charge in [0.1, 0.15) is 5.82 Å². The van der Waals surface area contributed by atoms with Gasteiger partial charge in [0.25, 0.3) is 5.91 Å². The van der Waals surface area contributed by atoms with E-state index in [0.29, 0.717) is 6.04 Å². The quantitative estimate of drug-likeness (QED) is 0.387. The van der Waals surface area contributed by atoms with E-state index >= 15 is 0 Å². The van der Waals surface area contributed by atoms with Gasteiger partial charge in [-0.3, -0.25) is 14.9 Å². The molecule has 1 fully saturated rings. The van der Waals surface area contributed by atoms with Crippen LogP contribution < -0.4 is 10.8 Å². The predicted octanol–water partition coefficient (Wildman–Crippen LogP) is 3.13. The highest BCUT2D eigenvalue weighted by Crippen LogP contribution is 2.17. The molecular formula is C19H24Cl2N4O2. The van der Waals surface area contributed by atoms with Crippen molar-refractivity contribution in [2.24, 2.45) is 0 Å². The third kappa shape index (κ3) is 7.19. The van der Waals surface area contributed by atoms with E-state index in [1.165, 1.54) is 11.6 Å². The summed E-state index contributed by atoms with van der Waals surface area (Å²) in [6.45, 7) is 3.04. The highest BCUT2D eigenvalue weighted by molar-refractivity contribution is 5.90. The summed E-state index contributed by atoms with van der Waals surface area (Å²) in [6.07, 6.45) is 5.63. The van der Waals surface area contributed by atoms with Crippen LogP contribution in [0.3, 0.4) is 0 Å². The smallest absolute Gasteiger partial charge is 0.267 e. The van der Waals surface area contributed by atoms with Gasteiger partial charge < -0.3 is 5.32 Å². The van der Waals surface area contributed by atoms with Gasteiger partial charge >= 0.3 is 0 Å². The van der Waals surface area contributed by atoms with E-state index < -0.39 is 5.91 Å². The monoisotopic (exact) mass is 410 g/mol. The van der Waals surface area contributed by atoms with Crippen molar-refractivity contribution in [3.8, 4) is 0 Å². The lowest BCUT2D eigenvalue weighted by Gasteiger charge is -2.17. The number of benzene rings is 1. The van der Waals surface area contributed by atoms with Crippen molar-refractivity contribution >= 4 is 42.6 Å². The summed E-state index contributed by atoms with van der Waals surface area (Å²) in [4.78, 5) is 17.8. The van der Waals surface area contributed by atoms with E-state index in [1.807, 2.05) is 18.2 Å². The molecule has 1 saturated heterocycles. The molecule has 3 N–H and O–H groups in total. The highest BCUT2D eigenvalue weighted by atomic mass is 35.5. The van der Waals surface area contributed by atoms with Gasteiger partial charge in [-0.05, 0) is 35.8 Å². The van der Waals surface area contributed by atoms with Gasteiger partial charge in [0.15, 0.2) is 0 Å². The molecule has 0 bridgehead atoms. The molecule has 0 aliphatic carbocycles. The van der Waals surface area contributed by atoms with Gasteiger partial charge in [-0.2, -0.15) is 0 Å². The van der Waals surface area contributed by atoms with Gasteiger partial charge in [-0.1, -0.05) is 30.3 Å². The van der Waals surface area contributed by atoms with Crippen molar-refractivity contribution in [2.45, 2.75) is 19.0 Å². The SMILES string of the molecule is Cl.Cl.O=C(/C=C/c1ccc(N[C@@H]2CCN(Cc3ccccc3)C2)nc1)NO. The van der Waals surface area contributed by atoms with Crippen LogP contribution in [0, 0.1) is 0 Å². The van der Waals surface area contributed by atoms with E-state index in [4.69, 9.17) is 5.21 Å². The third-order valence-corrected chi connectivity index (χ3v) is 4.20. The number of hydrogen-bond acceptors (Lipinski definition) is 5. The van der Waals surface area contributed by atoms with Crippen molar-refractivity contribution in [2.75, 3.05) is 18.4 Å². The number of hydroxylamine groups is 1. The number of pyridine rings is 1. The summed E-state index contributed by atoms with van der Waals surface area (Å²) in [5, 5.41) is 11.9. The Balaban J connectivity index is 0.00000182. The number of carbonyl (C=O) groups is 1. The molecule has 1 aliphatic rings. The maximum atomic E-state index is 11.0. The molecule has 6 nitrogen and oxygen atoms in total. The summed E-state index contributed by atoms with van der Waals surface area (Å²) >= 11 is 0. The number of nitrogens with zero attached hydrogens (tertiary/aromatic N) is 2. The van der Waals surface area contributed by atoms with Gasteiger partial charge in [-0.15, -0.1) is 24.8 Å². The second-order valence-electron chi connectivity index (χ2n) is 6.14. The maximum Gasteiger partial charge on any atom is 0.267 e. The Hall–Kier alpha value is -2.12. The molecule has 146 valence electrons. The number of hydrogen-bond donors (Lipinski definition) is 3. The third-order valence-electron chi connectivity index (χ3n) is 4.20. The minimum atomic E-state index is -0.563. The molecule has 8 heteroatoms. The zero-order chi connectivity index (χ0) is 17.5. The molecule has 1 aliphatic heterocycles. The number of nitrogens with one attached hydrogen (secondary N) is 2. The summed E-state index contributed by atoms with van der Waals surface area (Å²) in [6, 6.07) is 14.7. The van der Waals surface area contributed by atoms with Crippen LogP contribution in [0.2, 0.25) is 0 Å². The fraction of sp³-hybridized carbons (Fsp3) is 0.263. The Morgan fingerprint density at radius 3 is 2.67 bits per heavy atom. The first kappa shape index (κ1) is 22.9. The fourth-order valence-electron chi connectivity index (χ4n) is 2.94. The zero-order valence-corrected chi connectivity index (χ0v) is 16.4. The van der Waals surface area contributed by atoms with E-state index in [9.17, 15) is 4.79 Å². The molecule has 1 aromatic carbocycles. The molecule has 0 saturated carbocycles. The number of aromatic nitrogens is 1. The molecule has 0 radical (unpaired) electrons.